The summed E-state index contributed by atoms with van der Waals surface area (Å²) < 4.78 is 12.5. The predicted molar refractivity (Wildman–Crippen MR) is 176 cm³/mol. The largest absolute Gasteiger partial charge is 0.481 e. The summed E-state index contributed by atoms with van der Waals surface area (Å²) >= 11 is 0. The van der Waals surface area contributed by atoms with Crippen molar-refractivity contribution in [1.29, 1.82) is 0 Å². The van der Waals surface area contributed by atoms with Crippen LogP contribution in [0.4, 0.5) is 5.69 Å². The molecule has 0 bridgehead atoms. The summed E-state index contributed by atoms with van der Waals surface area (Å²) in [4.78, 5) is 30.8. The number of nitrogens with one attached hydrogen (secondary N) is 1. The Morgan fingerprint density at radius 2 is 1.71 bits per heavy atom. The lowest BCUT2D eigenvalue weighted by molar-refractivity contribution is -0.136. The van der Waals surface area contributed by atoms with E-state index in [1.807, 2.05) is 60.7 Å². The maximum atomic E-state index is 12.6. The average molecular weight is 608 g/mol. The predicted octanol–water partition coefficient (Wildman–Crippen LogP) is 7.97. The fourth-order valence-electron chi connectivity index (χ4n) is 6.62. The summed E-state index contributed by atoms with van der Waals surface area (Å²) in [5.41, 5.74) is 4.43. The molecule has 1 aromatic heterocycles. The Balaban J connectivity index is 1.26. The van der Waals surface area contributed by atoms with Gasteiger partial charge >= 0.3 is 5.97 Å². The Labute approximate surface area is 264 Å². The van der Waals surface area contributed by atoms with E-state index in [0.29, 0.717) is 24.1 Å². The Morgan fingerprint density at radius 1 is 0.956 bits per heavy atom. The summed E-state index contributed by atoms with van der Waals surface area (Å²) in [6.07, 6.45) is 4.32. The van der Waals surface area contributed by atoms with Crippen LogP contribution in [0.2, 0.25) is 0 Å². The molecule has 0 radical (unpaired) electrons. The molecular weight excluding hydrogens is 566 g/mol. The second-order valence-corrected chi connectivity index (χ2v) is 13.2. The van der Waals surface area contributed by atoms with Gasteiger partial charge in [0.1, 0.15) is 18.0 Å². The molecule has 4 aromatic rings. The third-order valence-corrected chi connectivity index (χ3v) is 9.20. The number of hydrogen-bond donors (Lipinski definition) is 2. The standard InChI is InChI=1S/C37H41N3O5/c1-37(2,3)28-15-17-30(18-16-28)40-31(24-11-13-25(14-12-24)35(43)38-20-19-34(41)42)23-44-36(40)39-29-9-6-8-26(21-29)33-22-27-7-4-5-10-32(27)45-33/h4-14,21-22,28,30-31H,15-20,23H2,1-3H3,(H,38,43)(H,41,42)/b39-36-. The van der Waals surface area contributed by atoms with E-state index in [2.05, 4.69) is 37.1 Å². The number of amides is 1. The summed E-state index contributed by atoms with van der Waals surface area (Å²) in [7, 11) is 0. The van der Waals surface area contributed by atoms with E-state index in [4.69, 9.17) is 19.3 Å². The number of benzene rings is 3. The monoisotopic (exact) mass is 607 g/mol. The first-order valence-electron chi connectivity index (χ1n) is 15.8. The van der Waals surface area contributed by atoms with Crippen LogP contribution in [0.15, 0.2) is 88.3 Å². The molecule has 45 heavy (non-hydrogen) atoms. The normalized spacial score (nSPS) is 21.2. The number of para-hydroxylation sites is 1. The molecule has 1 aliphatic heterocycles. The minimum atomic E-state index is -0.942. The number of amidine groups is 1. The minimum Gasteiger partial charge on any atom is -0.481 e. The number of hydrogen-bond acceptors (Lipinski definition) is 5. The van der Waals surface area contributed by atoms with Gasteiger partial charge in [-0.2, -0.15) is 4.99 Å². The lowest BCUT2D eigenvalue weighted by atomic mass is 9.71. The highest BCUT2D eigenvalue weighted by Gasteiger charge is 2.40. The SMILES string of the molecule is CC(C)(C)C1CCC(N2/C(=N/c3cccc(-c4cc5ccccc5o4)c3)OCC2c2ccc(C(=O)NCCC(=O)O)cc2)CC1. The van der Waals surface area contributed by atoms with E-state index in [0.717, 1.165) is 59.2 Å². The fraction of sp³-hybridized carbons (Fsp3) is 0.378. The number of ether oxygens (including phenoxy) is 1. The maximum Gasteiger partial charge on any atom is 0.305 e. The zero-order valence-corrected chi connectivity index (χ0v) is 26.2. The van der Waals surface area contributed by atoms with Crippen molar-refractivity contribution in [2.45, 2.75) is 65.0 Å². The number of rotatable bonds is 8. The van der Waals surface area contributed by atoms with Gasteiger partial charge < -0.3 is 24.5 Å². The first kappa shape index (κ1) is 30.4. The Bertz CT molecular complexity index is 1660. The van der Waals surface area contributed by atoms with Crippen LogP contribution in [0.3, 0.4) is 0 Å². The number of aliphatic imine (C=N–C) groups is 1. The van der Waals surface area contributed by atoms with Gasteiger partial charge in [0.25, 0.3) is 11.9 Å². The number of furan rings is 1. The molecule has 0 spiro atoms. The molecule has 1 aliphatic carbocycles. The van der Waals surface area contributed by atoms with Crippen LogP contribution in [0.1, 0.15) is 74.8 Å². The number of carboxylic acids is 1. The Morgan fingerprint density at radius 3 is 2.42 bits per heavy atom. The Hall–Kier alpha value is -4.59. The van der Waals surface area contributed by atoms with Gasteiger partial charge in [-0.05, 0) is 79.0 Å². The van der Waals surface area contributed by atoms with E-state index >= 15 is 0 Å². The second-order valence-electron chi connectivity index (χ2n) is 13.2. The van der Waals surface area contributed by atoms with Crippen LogP contribution < -0.4 is 5.32 Å². The summed E-state index contributed by atoms with van der Waals surface area (Å²) in [6.45, 7) is 7.56. The molecule has 2 fully saturated rings. The molecule has 1 saturated heterocycles. The van der Waals surface area contributed by atoms with E-state index in [9.17, 15) is 9.59 Å². The molecule has 2 aliphatic rings. The van der Waals surface area contributed by atoms with Gasteiger partial charge in [-0.1, -0.05) is 63.2 Å². The number of aliphatic carboxylic acids is 1. The van der Waals surface area contributed by atoms with Gasteiger partial charge in [-0.25, -0.2) is 0 Å². The summed E-state index contributed by atoms with van der Waals surface area (Å²) in [5.74, 6) is 0.250. The third kappa shape index (κ3) is 6.90. The van der Waals surface area contributed by atoms with Crippen molar-refractivity contribution >= 4 is 34.6 Å². The van der Waals surface area contributed by atoms with Crippen LogP contribution in [0, 0.1) is 11.3 Å². The number of carboxylic acid groups (broad SMARTS) is 1. The van der Waals surface area contributed by atoms with Gasteiger partial charge in [0, 0.05) is 29.1 Å². The van der Waals surface area contributed by atoms with E-state index in [1.54, 1.807) is 12.1 Å². The van der Waals surface area contributed by atoms with Crippen LogP contribution in [-0.4, -0.2) is 47.1 Å². The Kier molecular flexibility index (Phi) is 8.65. The molecule has 1 unspecified atom stereocenters. The van der Waals surface area contributed by atoms with Crippen molar-refractivity contribution in [3.05, 3.63) is 90.0 Å². The van der Waals surface area contributed by atoms with Gasteiger partial charge in [-0.3, -0.25) is 9.59 Å². The molecule has 8 nitrogen and oxygen atoms in total. The second kappa shape index (κ2) is 12.8. The van der Waals surface area contributed by atoms with Crippen molar-refractivity contribution in [1.82, 2.24) is 10.2 Å². The van der Waals surface area contributed by atoms with E-state index < -0.39 is 5.97 Å². The summed E-state index contributed by atoms with van der Waals surface area (Å²) in [5, 5.41) is 12.6. The lowest BCUT2D eigenvalue weighted by Crippen LogP contribution is -2.42. The topological polar surface area (TPSA) is 104 Å². The first-order chi connectivity index (χ1) is 21.7. The molecular formula is C37H41N3O5. The quantitative estimate of drug-likeness (QED) is 0.211. The van der Waals surface area contributed by atoms with Crippen molar-refractivity contribution in [3.8, 4) is 11.3 Å². The van der Waals surface area contributed by atoms with Crippen LogP contribution in [0.25, 0.3) is 22.3 Å². The van der Waals surface area contributed by atoms with E-state index in [-0.39, 0.29) is 36.4 Å². The smallest absolute Gasteiger partial charge is 0.305 e. The molecule has 1 atom stereocenters. The number of carbonyl (C=O) groups is 2. The van der Waals surface area contributed by atoms with Crippen molar-refractivity contribution in [3.63, 3.8) is 0 Å². The molecule has 3 aromatic carbocycles. The van der Waals surface area contributed by atoms with Crippen molar-refractivity contribution in [2.75, 3.05) is 13.2 Å². The maximum absolute atomic E-state index is 12.6. The van der Waals surface area contributed by atoms with Gasteiger partial charge in [0.15, 0.2) is 0 Å². The highest BCUT2D eigenvalue weighted by Crippen LogP contribution is 2.42. The summed E-state index contributed by atoms with van der Waals surface area (Å²) in [6, 6.07) is 26.5. The van der Waals surface area contributed by atoms with Crippen LogP contribution in [-0.2, 0) is 9.53 Å². The number of nitrogens with zero attached hydrogens (tertiary/aromatic N) is 2. The zero-order chi connectivity index (χ0) is 31.6. The molecule has 8 heteroatoms. The third-order valence-electron chi connectivity index (χ3n) is 9.20. The highest BCUT2D eigenvalue weighted by atomic mass is 16.5. The zero-order valence-electron chi connectivity index (χ0n) is 26.2. The number of fused-ring (bicyclic) bond motifs is 1. The van der Waals surface area contributed by atoms with Gasteiger partial charge in [0.05, 0.1) is 18.2 Å². The van der Waals surface area contributed by atoms with Gasteiger partial charge in [-0.15, -0.1) is 0 Å². The van der Waals surface area contributed by atoms with Crippen molar-refractivity contribution < 1.29 is 23.8 Å². The number of carbonyl (C=O) groups excluding carboxylic acids is 1. The van der Waals surface area contributed by atoms with Crippen molar-refractivity contribution in [2.24, 2.45) is 16.3 Å². The molecule has 1 saturated carbocycles. The highest BCUT2D eigenvalue weighted by molar-refractivity contribution is 5.94. The first-order valence-corrected chi connectivity index (χ1v) is 15.8. The lowest BCUT2D eigenvalue weighted by Gasteiger charge is -2.41. The minimum absolute atomic E-state index is 0.0392. The van der Waals surface area contributed by atoms with Crippen LogP contribution in [0.5, 0.6) is 0 Å². The molecule has 2 heterocycles. The van der Waals surface area contributed by atoms with Crippen LogP contribution >= 0.6 is 0 Å². The average Bonchev–Trinajstić information content (AvgIpc) is 3.65. The van der Waals surface area contributed by atoms with E-state index in [1.165, 1.54) is 0 Å². The molecule has 1 amide bonds. The fourth-order valence-corrected chi connectivity index (χ4v) is 6.62. The van der Waals surface area contributed by atoms with Gasteiger partial charge in [0.2, 0.25) is 0 Å². The molecule has 6 rings (SSSR count). The molecule has 2 N–H and O–H groups in total. The molecule has 234 valence electrons.